The van der Waals surface area contributed by atoms with Gasteiger partial charge in [-0.3, -0.25) is 0 Å². The largest absolute Gasteiger partial charge is 0.475 e. The number of nitriles is 1. The minimum Gasteiger partial charge on any atom is -0.475 e. The van der Waals surface area contributed by atoms with E-state index in [4.69, 9.17) is 10.00 Å². The van der Waals surface area contributed by atoms with Crippen molar-refractivity contribution in [2.24, 2.45) is 0 Å². The summed E-state index contributed by atoms with van der Waals surface area (Å²) >= 11 is 2.18. The van der Waals surface area contributed by atoms with Crippen LogP contribution in [0.4, 0.5) is 0 Å². The lowest BCUT2D eigenvalue weighted by molar-refractivity contribution is 0.274. The molecule has 0 bridgehead atoms. The molecule has 0 saturated carbocycles. The molecule has 1 rings (SSSR count). The van der Waals surface area contributed by atoms with E-state index in [1.54, 1.807) is 6.92 Å². The van der Waals surface area contributed by atoms with E-state index in [-0.39, 0.29) is 6.10 Å². The number of benzene rings is 1. The van der Waals surface area contributed by atoms with Gasteiger partial charge in [0, 0.05) is 0 Å². The van der Waals surface area contributed by atoms with Crippen LogP contribution < -0.4 is 4.74 Å². The van der Waals surface area contributed by atoms with Crippen molar-refractivity contribution < 1.29 is 4.74 Å². The minimum atomic E-state index is -0.388. The Kier molecular flexibility index (Phi) is 3.35. The van der Waals surface area contributed by atoms with Gasteiger partial charge in [0.2, 0.25) is 0 Å². The number of nitrogens with zero attached hydrogens (tertiary/aromatic N) is 1. The Bertz CT molecular complexity index is 306. The first-order valence-corrected chi connectivity index (χ1v) is 4.62. The third-order valence-corrected chi connectivity index (χ3v) is 2.21. The molecule has 62 valence electrons. The Balaban J connectivity index is 2.77. The first kappa shape index (κ1) is 9.33. The molecule has 1 aromatic rings. The quantitative estimate of drug-likeness (QED) is 0.776. The maximum atomic E-state index is 8.51. The van der Waals surface area contributed by atoms with Crippen molar-refractivity contribution in [3.8, 4) is 11.8 Å². The molecule has 0 saturated heterocycles. The normalized spacial score (nSPS) is 11.8. The molecule has 0 fully saturated rings. The van der Waals surface area contributed by atoms with Gasteiger partial charge in [0.05, 0.1) is 3.57 Å². The van der Waals surface area contributed by atoms with E-state index in [0.29, 0.717) is 0 Å². The Morgan fingerprint density at radius 3 is 2.75 bits per heavy atom. The highest BCUT2D eigenvalue weighted by Crippen LogP contribution is 2.20. The van der Waals surface area contributed by atoms with Gasteiger partial charge >= 0.3 is 0 Å². The highest BCUT2D eigenvalue weighted by molar-refractivity contribution is 14.1. The first-order valence-electron chi connectivity index (χ1n) is 3.55. The second-order valence-electron chi connectivity index (χ2n) is 2.32. The lowest BCUT2D eigenvalue weighted by Gasteiger charge is -2.08. The summed E-state index contributed by atoms with van der Waals surface area (Å²) in [5.74, 6) is 0.771. The molecule has 1 atom stereocenters. The van der Waals surface area contributed by atoms with Crippen molar-refractivity contribution in [1.29, 1.82) is 5.26 Å². The van der Waals surface area contributed by atoms with Gasteiger partial charge in [0.1, 0.15) is 11.8 Å². The summed E-state index contributed by atoms with van der Waals surface area (Å²) in [4.78, 5) is 0. The lowest BCUT2D eigenvalue weighted by atomic mass is 10.3. The molecule has 0 aliphatic heterocycles. The summed E-state index contributed by atoms with van der Waals surface area (Å²) in [6.45, 7) is 1.73. The topological polar surface area (TPSA) is 33.0 Å². The summed E-state index contributed by atoms with van der Waals surface area (Å²) < 4.78 is 6.35. The van der Waals surface area contributed by atoms with Gasteiger partial charge in [0.25, 0.3) is 0 Å². The van der Waals surface area contributed by atoms with E-state index < -0.39 is 0 Å². The molecule has 0 N–H and O–H groups in total. The third-order valence-electron chi connectivity index (χ3n) is 1.32. The van der Waals surface area contributed by atoms with Gasteiger partial charge in [-0.25, -0.2) is 0 Å². The molecule has 0 unspecified atom stereocenters. The zero-order valence-corrected chi connectivity index (χ0v) is 8.78. The maximum Gasteiger partial charge on any atom is 0.181 e. The van der Waals surface area contributed by atoms with Crippen molar-refractivity contribution in [2.75, 3.05) is 0 Å². The molecule has 0 amide bonds. The van der Waals surface area contributed by atoms with Crippen molar-refractivity contribution in [3.63, 3.8) is 0 Å². The highest BCUT2D eigenvalue weighted by Gasteiger charge is 2.03. The molecule has 0 aliphatic rings. The van der Waals surface area contributed by atoms with Gasteiger partial charge in [-0.1, -0.05) is 12.1 Å². The summed E-state index contributed by atoms with van der Waals surface area (Å²) in [5.41, 5.74) is 0. The van der Waals surface area contributed by atoms with Crippen molar-refractivity contribution in [2.45, 2.75) is 13.0 Å². The van der Waals surface area contributed by atoms with Crippen LogP contribution in [0.3, 0.4) is 0 Å². The van der Waals surface area contributed by atoms with E-state index >= 15 is 0 Å². The van der Waals surface area contributed by atoms with Crippen LogP contribution in [0.5, 0.6) is 5.75 Å². The number of rotatable bonds is 2. The zero-order valence-electron chi connectivity index (χ0n) is 6.62. The molecular weight excluding hydrogens is 265 g/mol. The monoisotopic (exact) mass is 273 g/mol. The Morgan fingerprint density at radius 2 is 2.17 bits per heavy atom. The zero-order chi connectivity index (χ0) is 8.97. The van der Waals surface area contributed by atoms with E-state index in [1.165, 1.54) is 0 Å². The molecule has 1 aromatic carbocycles. The summed E-state index contributed by atoms with van der Waals surface area (Å²) in [6, 6.07) is 9.64. The number of hydrogen-bond acceptors (Lipinski definition) is 2. The van der Waals surface area contributed by atoms with Crippen molar-refractivity contribution >= 4 is 22.6 Å². The number of halogens is 1. The molecule has 3 heteroatoms. The van der Waals surface area contributed by atoms with Gasteiger partial charge in [-0.15, -0.1) is 0 Å². The molecular formula is C9H8INO. The molecule has 0 aliphatic carbocycles. The van der Waals surface area contributed by atoms with E-state index in [0.717, 1.165) is 9.32 Å². The van der Waals surface area contributed by atoms with Crippen LogP contribution in [0.1, 0.15) is 6.92 Å². The molecule has 0 radical (unpaired) electrons. The van der Waals surface area contributed by atoms with Crippen LogP contribution in [-0.2, 0) is 0 Å². The standard InChI is InChI=1S/C9H8INO/c1-7(6-11)12-9-5-3-2-4-8(9)10/h2-5,7H,1H3/t7-/m1/s1. The van der Waals surface area contributed by atoms with Crippen molar-refractivity contribution in [3.05, 3.63) is 27.8 Å². The minimum absolute atomic E-state index is 0.388. The van der Waals surface area contributed by atoms with Gasteiger partial charge in [-0.2, -0.15) is 5.26 Å². The lowest BCUT2D eigenvalue weighted by Crippen LogP contribution is -2.08. The van der Waals surface area contributed by atoms with Crippen LogP contribution in [0.15, 0.2) is 24.3 Å². The fourth-order valence-corrected chi connectivity index (χ4v) is 1.27. The Labute approximate surface area is 85.3 Å². The smallest absolute Gasteiger partial charge is 0.181 e. The Hall–Kier alpha value is -0.760. The number of hydrogen-bond donors (Lipinski definition) is 0. The SMILES string of the molecule is C[C@H](C#N)Oc1ccccc1I. The van der Waals surface area contributed by atoms with Crippen LogP contribution in [0.25, 0.3) is 0 Å². The highest BCUT2D eigenvalue weighted by atomic mass is 127. The van der Waals surface area contributed by atoms with E-state index in [1.807, 2.05) is 30.3 Å². The van der Waals surface area contributed by atoms with Gasteiger partial charge in [0.15, 0.2) is 6.10 Å². The second-order valence-corrected chi connectivity index (χ2v) is 3.48. The fraction of sp³-hybridized carbons (Fsp3) is 0.222. The molecule has 2 nitrogen and oxygen atoms in total. The second kappa shape index (κ2) is 4.31. The van der Waals surface area contributed by atoms with Crippen LogP contribution in [-0.4, -0.2) is 6.10 Å². The average molecular weight is 273 g/mol. The fourth-order valence-electron chi connectivity index (χ4n) is 0.757. The predicted molar refractivity (Wildman–Crippen MR) is 54.9 cm³/mol. The average Bonchev–Trinajstić information content (AvgIpc) is 2.09. The van der Waals surface area contributed by atoms with Crippen LogP contribution >= 0.6 is 22.6 Å². The van der Waals surface area contributed by atoms with Crippen LogP contribution in [0.2, 0.25) is 0 Å². The maximum absolute atomic E-state index is 8.51. The first-order chi connectivity index (χ1) is 5.74. The predicted octanol–water partition coefficient (Wildman–Crippen LogP) is 2.58. The third kappa shape index (κ3) is 2.38. The summed E-state index contributed by atoms with van der Waals surface area (Å²) in [7, 11) is 0. The number of ether oxygens (including phenoxy) is 1. The van der Waals surface area contributed by atoms with E-state index in [9.17, 15) is 0 Å². The van der Waals surface area contributed by atoms with E-state index in [2.05, 4.69) is 22.6 Å². The molecule has 0 aromatic heterocycles. The van der Waals surface area contributed by atoms with Gasteiger partial charge in [-0.05, 0) is 41.6 Å². The molecule has 12 heavy (non-hydrogen) atoms. The number of para-hydroxylation sites is 1. The summed E-state index contributed by atoms with van der Waals surface area (Å²) in [6.07, 6.45) is -0.388. The van der Waals surface area contributed by atoms with Crippen molar-refractivity contribution in [1.82, 2.24) is 0 Å². The molecule has 0 spiro atoms. The Morgan fingerprint density at radius 1 is 1.50 bits per heavy atom. The summed E-state index contributed by atoms with van der Waals surface area (Å²) in [5, 5.41) is 8.51. The van der Waals surface area contributed by atoms with Gasteiger partial charge < -0.3 is 4.74 Å². The van der Waals surface area contributed by atoms with Crippen LogP contribution in [0, 0.1) is 14.9 Å². The molecule has 0 heterocycles.